The summed E-state index contributed by atoms with van der Waals surface area (Å²) >= 11 is 0. The molecule has 1 fully saturated rings. The summed E-state index contributed by atoms with van der Waals surface area (Å²) < 4.78 is 38.6. The molecule has 2 atom stereocenters. The van der Waals surface area contributed by atoms with Gasteiger partial charge in [-0.15, -0.1) is 0 Å². The van der Waals surface area contributed by atoms with Crippen LogP contribution in [0.4, 0.5) is 24.9 Å². The van der Waals surface area contributed by atoms with Crippen molar-refractivity contribution in [2.75, 3.05) is 17.2 Å². The lowest BCUT2D eigenvalue weighted by molar-refractivity contribution is -0.141. The fourth-order valence-electron chi connectivity index (χ4n) is 2.68. The normalized spacial score (nSPS) is 22.9. The molecule has 21 heavy (non-hydrogen) atoms. The van der Waals surface area contributed by atoms with E-state index in [1.54, 1.807) is 6.92 Å². The van der Waals surface area contributed by atoms with Gasteiger partial charge < -0.3 is 10.6 Å². The van der Waals surface area contributed by atoms with E-state index in [-0.39, 0.29) is 17.8 Å². The van der Waals surface area contributed by atoms with Gasteiger partial charge in [0.05, 0.1) is 0 Å². The maximum absolute atomic E-state index is 12.9. The van der Waals surface area contributed by atoms with Gasteiger partial charge >= 0.3 is 6.18 Å². The molecule has 7 heteroatoms. The third-order valence-electron chi connectivity index (χ3n) is 3.64. The van der Waals surface area contributed by atoms with Gasteiger partial charge in [-0.2, -0.15) is 18.2 Å². The van der Waals surface area contributed by atoms with E-state index < -0.39 is 11.9 Å². The number of hydrogen-bond acceptors (Lipinski definition) is 4. The smallest absolute Gasteiger partial charge is 0.367 e. The van der Waals surface area contributed by atoms with Gasteiger partial charge in [0.15, 0.2) is 5.69 Å². The highest BCUT2D eigenvalue weighted by atomic mass is 19.4. The highest BCUT2D eigenvalue weighted by Gasteiger charge is 2.34. The minimum absolute atomic E-state index is 0.0127. The van der Waals surface area contributed by atoms with E-state index in [2.05, 4.69) is 27.5 Å². The van der Waals surface area contributed by atoms with E-state index in [0.717, 1.165) is 25.3 Å². The molecule has 1 aromatic heterocycles. The van der Waals surface area contributed by atoms with Crippen LogP contribution in [0.15, 0.2) is 6.07 Å². The average molecular weight is 302 g/mol. The molecule has 1 aromatic rings. The zero-order valence-electron chi connectivity index (χ0n) is 12.3. The number of rotatable bonds is 4. The van der Waals surface area contributed by atoms with E-state index in [4.69, 9.17) is 0 Å². The minimum Gasteiger partial charge on any atom is -0.367 e. The Bertz CT molecular complexity index is 476. The second kappa shape index (κ2) is 6.49. The molecule has 0 aliphatic heterocycles. The highest BCUT2D eigenvalue weighted by Crippen LogP contribution is 2.31. The number of anilines is 2. The van der Waals surface area contributed by atoms with Gasteiger partial charge in [-0.25, -0.2) is 4.98 Å². The zero-order valence-corrected chi connectivity index (χ0v) is 12.3. The maximum atomic E-state index is 12.9. The molecule has 2 rings (SSSR count). The van der Waals surface area contributed by atoms with Crippen LogP contribution in [0.1, 0.15) is 45.2 Å². The quantitative estimate of drug-likeness (QED) is 0.885. The third-order valence-corrected chi connectivity index (χ3v) is 3.64. The van der Waals surface area contributed by atoms with Crippen molar-refractivity contribution < 1.29 is 13.2 Å². The molecule has 2 unspecified atom stereocenters. The summed E-state index contributed by atoms with van der Waals surface area (Å²) in [5.41, 5.74) is -0.917. The van der Waals surface area contributed by atoms with E-state index in [1.165, 1.54) is 6.42 Å². The number of aromatic nitrogens is 2. The molecule has 1 saturated carbocycles. The molecule has 1 aliphatic carbocycles. The fraction of sp³-hybridized carbons (Fsp3) is 0.714. The minimum atomic E-state index is -4.47. The van der Waals surface area contributed by atoms with Crippen molar-refractivity contribution in [1.82, 2.24) is 9.97 Å². The van der Waals surface area contributed by atoms with E-state index >= 15 is 0 Å². The third kappa shape index (κ3) is 4.47. The molecule has 0 radical (unpaired) electrons. The standard InChI is InChI=1S/C14H21F3N4/c1-3-18-13-20-11(14(15,16)17)8-12(21-13)19-10-6-4-5-9(2)7-10/h8-10H,3-7H2,1-2H3,(H2,18,19,20,21). The number of nitrogens with zero attached hydrogens (tertiary/aromatic N) is 2. The number of alkyl halides is 3. The van der Waals surface area contributed by atoms with Gasteiger partial charge in [0.2, 0.25) is 5.95 Å². The average Bonchev–Trinajstić information content (AvgIpc) is 2.37. The Labute approximate surface area is 122 Å². The molecule has 2 N–H and O–H groups in total. The van der Waals surface area contributed by atoms with Crippen molar-refractivity contribution >= 4 is 11.8 Å². The van der Waals surface area contributed by atoms with Crippen molar-refractivity contribution in [3.63, 3.8) is 0 Å². The Morgan fingerprint density at radius 3 is 2.67 bits per heavy atom. The summed E-state index contributed by atoms with van der Waals surface area (Å²) in [5, 5.41) is 5.88. The van der Waals surface area contributed by atoms with Crippen LogP contribution in [-0.4, -0.2) is 22.6 Å². The van der Waals surface area contributed by atoms with Gasteiger partial charge in [-0.05, 0) is 25.7 Å². The molecule has 4 nitrogen and oxygen atoms in total. The summed E-state index contributed by atoms with van der Waals surface area (Å²) in [6.45, 7) is 4.43. The SMILES string of the molecule is CCNc1nc(NC2CCCC(C)C2)cc(C(F)(F)F)n1. The van der Waals surface area contributed by atoms with Crippen molar-refractivity contribution in [3.8, 4) is 0 Å². The van der Waals surface area contributed by atoms with Crippen LogP contribution in [0.2, 0.25) is 0 Å². The largest absolute Gasteiger partial charge is 0.433 e. The Hall–Kier alpha value is -1.53. The van der Waals surface area contributed by atoms with Gasteiger partial charge in [0.1, 0.15) is 5.82 Å². The molecule has 0 saturated heterocycles. The van der Waals surface area contributed by atoms with Gasteiger partial charge in [0, 0.05) is 18.7 Å². The number of hydrogen-bond donors (Lipinski definition) is 2. The molecule has 1 aliphatic rings. The number of halogens is 3. The van der Waals surface area contributed by atoms with Crippen LogP contribution in [0.3, 0.4) is 0 Å². The van der Waals surface area contributed by atoms with E-state index in [0.29, 0.717) is 12.5 Å². The monoisotopic (exact) mass is 302 g/mol. The predicted octanol–water partition coefficient (Wildman–Crippen LogP) is 3.92. The summed E-state index contributed by atoms with van der Waals surface area (Å²) in [6, 6.07) is 1.17. The first-order valence-electron chi connectivity index (χ1n) is 7.35. The molecule has 0 spiro atoms. The van der Waals surface area contributed by atoms with Crippen LogP contribution >= 0.6 is 0 Å². The topological polar surface area (TPSA) is 49.8 Å². The van der Waals surface area contributed by atoms with Crippen molar-refractivity contribution in [3.05, 3.63) is 11.8 Å². The lowest BCUT2D eigenvalue weighted by Crippen LogP contribution is -2.27. The van der Waals surface area contributed by atoms with Crippen LogP contribution in [-0.2, 0) is 6.18 Å². The van der Waals surface area contributed by atoms with Gasteiger partial charge in [-0.3, -0.25) is 0 Å². The molecule has 0 aromatic carbocycles. The van der Waals surface area contributed by atoms with E-state index in [9.17, 15) is 13.2 Å². The highest BCUT2D eigenvalue weighted by molar-refractivity contribution is 5.43. The van der Waals surface area contributed by atoms with Gasteiger partial charge in [-0.1, -0.05) is 19.8 Å². The zero-order chi connectivity index (χ0) is 15.5. The van der Waals surface area contributed by atoms with Crippen molar-refractivity contribution in [2.45, 2.75) is 51.7 Å². The molecular weight excluding hydrogens is 281 g/mol. The summed E-state index contributed by atoms with van der Waals surface area (Å²) in [4.78, 5) is 7.64. The molecule has 0 bridgehead atoms. The second-order valence-electron chi connectivity index (χ2n) is 5.60. The summed E-state index contributed by atoms with van der Waals surface area (Å²) in [5.74, 6) is 0.847. The van der Waals surface area contributed by atoms with Gasteiger partial charge in [0.25, 0.3) is 0 Å². The summed E-state index contributed by atoms with van der Waals surface area (Å²) in [6.07, 6.45) is -0.272. The Balaban J connectivity index is 2.19. The molecule has 1 heterocycles. The van der Waals surface area contributed by atoms with Crippen LogP contribution in [0.25, 0.3) is 0 Å². The first kappa shape index (κ1) is 15.9. The van der Waals surface area contributed by atoms with Crippen LogP contribution in [0, 0.1) is 5.92 Å². The van der Waals surface area contributed by atoms with E-state index in [1.807, 2.05) is 0 Å². The first-order valence-corrected chi connectivity index (χ1v) is 7.35. The van der Waals surface area contributed by atoms with Crippen molar-refractivity contribution in [1.29, 1.82) is 0 Å². The van der Waals surface area contributed by atoms with Crippen LogP contribution < -0.4 is 10.6 Å². The number of nitrogens with one attached hydrogen (secondary N) is 2. The Morgan fingerprint density at radius 1 is 1.29 bits per heavy atom. The molecule has 0 amide bonds. The molecular formula is C14H21F3N4. The van der Waals surface area contributed by atoms with Crippen LogP contribution in [0.5, 0.6) is 0 Å². The lowest BCUT2D eigenvalue weighted by atomic mass is 9.87. The summed E-state index contributed by atoms with van der Waals surface area (Å²) in [7, 11) is 0. The second-order valence-corrected chi connectivity index (χ2v) is 5.60. The Morgan fingerprint density at radius 2 is 2.05 bits per heavy atom. The molecule has 118 valence electrons. The lowest BCUT2D eigenvalue weighted by Gasteiger charge is -2.28. The predicted molar refractivity (Wildman–Crippen MR) is 76.2 cm³/mol. The van der Waals surface area contributed by atoms with Crippen molar-refractivity contribution in [2.24, 2.45) is 5.92 Å². The maximum Gasteiger partial charge on any atom is 0.433 e. The first-order chi connectivity index (χ1) is 9.88. The fourth-order valence-corrected chi connectivity index (χ4v) is 2.68. The Kier molecular flexibility index (Phi) is 4.90.